The lowest BCUT2D eigenvalue weighted by atomic mass is 10.0. The number of fused-ring (bicyclic) bond motifs is 1. The maximum Gasteiger partial charge on any atom is 0.355 e. The Hall–Kier alpha value is -1.84. The van der Waals surface area contributed by atoms with Gasteiger partial charge in [-0.15, -0.1) is 0 Å². The summed E-state index contributed by atoms with van der Waals surface area (Å²) in [5.74, 6) is 0.0443. The SMILES string of the molecule is CCOC(=O)c1cc(C(C)C)cc2nccn12. The Morgan fingerprint density at radius 3 is 2.88 bits per heavy atom. The molecule has 2 rings (SSSR count). The molecule has 0 aliphatic rings. The second-order valence-corrected chi connectivity index (χ2v) is 4.20. The lowest BCUT2D eigenvalue weighted by Crippen LogP contribution is -2.11. The van der Waals surface area contributed by atoms with Crippen molar-refractivity contribution in [3.05, 3.63) is 35.8 Å². The molecule has 2 aromatic rings. The number of esters is 1. The summed E-state index contributed by atoms with van der Waals surface area (Å²) in [5.41, 5.74) is 2.40. The number of ether oxygens (including phenoxy) is 1. The quantitative estimate of drug-likeness (QED) is 0.764. The van der Waals surface area contributed by atoms with E-state index in [0.29, 0.717) is 18.2 Å². The number of imidazole rings is 1. The van der Waals surface area contributed by atoms with Gasteiger partial charge >= 0.3 is 5.97 Å². The number of rotatable bonds is 3. The van der Waals surface area contributed by atoms with Crippen LogP contribution in [0.15, 0.2) is 24.5 Å². The standard InChI is InChI=1S/C13H16N2O2/c1-4-17-13(16)11-7-10(9(2)3)8-12-14-5-6-15(11)12/h5-9H,4H2,1-3H3. The summed E-state index contributed by atoms with van der Waals surface area (Å²) < 4.78 is 6.81. The fourth-order valence-corrected chi connectivity index (χ4v) is 1.74. The van der Waals surface area contributed by atoms with E-state index in [2.05, 4.69) is 18.8 Å². The lowest BCUT2D eigenvalue weighted by molar-refractivity contribution is 0.0517. The molecule has 4 heteroatoms. The maximum atomic E-state index is 11.9. The number of aromatic nitrogens is 2. The summed E-state index contributed by atoms with van der Waals surface area (Å²) in [6, 6.07) is 3.87. The van der Waals surface area contributed by atoms with Crippen molar-refractivity contribution in [3.63, 3.8) is 0 Å². The van der Waals surface area contributed by atoms with Crippen molar-refractivity contribution < 1.29 is 9.53 Å². The maximum absolute atomic E-state index is 11.9. The van der Waals surface area contributed by atoms with Crippen LogP contribution >= 0.6 is 0 Å². The highest BCUT2D eigenvalue weighted by Crippen LogP contribution is 2.19. The number of nitrogens with zero attached hydrogens (tertiary/aromatic N) is 2. The number of carbonyl (C=O) groups excluding carboxylic acids is 1. The van der Waals surface area contributed by atoms with Gasteiger partial charge < -0.3 is 4.74 Å². The molecule has 0 fully saturated rings. The summed E-state index contributed by atoms with van der Waals surface area (Å²) in [4.78, 5) is 16.1. The van der Waals surface area contributed by atoms with E-state index in [-0.39, 0.29) is 5.97 Å². The molecule has 0 unspecified atom stereocenters. The summed E-state index contributed by atoms with van der Waals surface area (Å²) in [6.45, 7) is 6.35. The van der Waals surface area contributed by atoms with Crippen LogP contribution in [0.5, 0.6) is 0 Å². The van der Waals surface area contributed by atoms with E-state index in [1.54, 1.807) is 23.7 Å². The molecule has 0 spiro atoms. The van der Waals surface area contributed by atoms with Gasteiger partial charge in [-0.3, -0.25) is 4.40 Å². The fourth-order valence-electron chi connectivity index (χ4n) is 1.74. The first-order chi connectivity index (χ1) is 8.13. The average Bonchev–Trinajstić information content (AvgIpc) is 2.75. The highest BCUT2D eigenvalue weighted by molar-refractivity contribution is 5.88. The van der Waals surface area contributed by atoms with Gasteiger partial charge in [0.2, 0.25) is 0 Å². The first-order valence-corrected chi connectivity index (χ1v) is 5.77. The number of carbonyl (C=O) groups is 1. The fraction of sp³-hybridized carbons (Fsp3) is 0.385. The summed E-state index contributed by atoms with van der Waals surface area (Å²) >= 11 is 0. The number of pyridine rings is 1. The molecule has 0 bridgehead atoms. The van der Waals surface area contributed by atoms with Gasteiger partial charge in [-0.05, 0) is 30.5 Å². The Morgan fingerprint density at radius 2 is 2.24 bits per heavy atom. The highest BCUT2D eigenvalue weighted by Gasteiger charge is 2.14. The Labute approximate surface area is 100 Å². The zero-order chi connectivity index (χ0) is 12.4. The molecule has 17 heavy (non-hydrogen) atoms. The zero-order valence-electron chi connectivity index (χ0n) is 10.3. The van der Waals surface area contributed by atoms with Crippen LogP contribution in [0.2, 0.25) is 0 Å². The molecule has 0 aliphatic heterocycles. The molecule has 90 valence electrons. The van der Waals surface area contributed by atoms with Crippen LogP contribution in [0.1, 0.15) is 42.7 Å². The molecular weight excluding hydrogens is 216 g/mol. The minimum atomic E-state index is -0.307. The van der Waals surface area contributed by atoms with Crippen molar-refractivity contribution in [2.75, 3.05) is 6.61 Å². The minimum Gasteiger partial charge on any atom is -0.461 e. The van der Waals surface area contributed by atoms with Gasteiger partial charge in [0.15, 0.2) is 0 Å². The normalized spacial score (nSPS) is 11.1. The van der Waals surface area contributed by atoms with Gasteiger partial charge in [-0.1, -0.05) is 13.8 Å². The van der Waals surface area contributed by atoms with Crippen molar-refractivity contribution in [2.24, 2.45) is 0 Å². The Balaban J connectivity index is 2.58. The van der Waals surface area contributed by atoms with Crippen LogP contribution in [0.25, 0.3) is 5.65 Å². The van der Waals surface area contributed by atoms with Crippen molar-refractivity contribution in [3.8, 4) is 0 Å². The van der Waals surface area contributed by atoms with E-state index in [0.717, 1.165) is 11.2 Å². The van der Waals surface area contributed by atoms with Gasteiger partial charge in [-0.25, -0.2) is 9.78 Å². The van der Waals surface area contributed by atoms with Crippen LogP contribution < -0.4 is 0 Å². The molecular formula is C13H16N2O2. The first kappa shape index (κ1) is 11.6. The topological polar surface area (TPSA) is 43.6 Å². The molecule has 0 atom stereocenters. The third kappa shape index (κ3) is 2.16. The molecule has 0 aliphatic carbocycles. The molecule has 2 heterocycles. The van der Waals surface area contributed by atoms with Crippen molar-refractivity contribution in [2.45, 2.75) is 26.7 Å². The smallest absolute Gasteiger partial charge is 0.355 e. The van der Waals surface area contributed by atoms with Crippen molar-refractivity contribution >= 4 is 11.6 Å². The van der Waals surface area contributed by atoms with Gasteiger partial charge in [0.05, 0.1) is 6.61 Å². The van der Waals surface area contributed by atoms with Crippen LogP contribution in [0.3, 0.4) is 0 Å². The molecule has 0 aromatic carbocycles. The van der Waals surface area contributed by atoms with E-state index in [4.69, 9.17) is 4.74 Å². The summed E-state index contributed by atoms with van der Waals surface area (Å²) in [6.07, 6.45) is 3.45. The number of hydrogen-bond acceptors (Lipinski definition) is 3. The highest BCUT2D eigenvalue weighted by atomic mass is 16.5. The average molecular weight is 232 g/mol. The molecule has 0 N–H and O–H groups in total. The molecule has 4 nitrogen and oxygen atoms in total. The third-order valence-corrected chi connectivity index (χ3v) is 2.68. The first-order valence-electron chi connectivity index (χ1n) is 5.77. The minimum absolute atomic E-state index is 0.307. The zero-order valence-corrected chi connectivity index (χ0v) is 10.3. The van der Waals surface area contributed by atoms with E-state index >= 15 is 0 Å². The van der Waals surface area contributed by atoms with Crippen molar-refractivity contribution in [1.29, 1.82) is 0 Å². The largest absolute Gasteiger partial charge is 0.461 e. The molecule has 0 radical (unpaired) electrons. The second kappa shape index (κ2) is 4.57. The third-order valence-electron chi connectivity index (χ3n) is 2.68. The summed E-state index contributed by atoms with van der Waals surface area (Å²) in [7, 11) is 0. The number of hydrogen-bond donors (Lipinski definition) is 0. The van der Waals surface area contributed by atoms with E-state index in [9.17, 15) is 4.79 Å². The van der Waals surface area contributed by atoms with E-state index in [1.807, 2.05) is 12.1 Å². The van der Waals surface area contributed by atoms with Crippen LogP contribution in [0.4, 0.5) is 0 Å². The molecule has 0 amide bonds. The van der Waals surface area contributed by atoms with Gasteiger partial charge in [0, 0.05) is 12.4 Å². The van der Waals surface area contributed by atoms with Crippen LogP contribution in [0, 0.1) is 0 Å². The van der Waals surface area contributed by atoms with E-state index < -0.39 is 0 Å². The van der Waals surface area contributed by atoms with Gasteiger partial charge in [0.1, 0.15) is 11.3 Å². The van der Waals surface area contributed by atoms with Gasteiger partial charge in [0.25, 0.3) is 0 Å². The molecule has 0 saturated heterocycles. The van der Waals surface area contributed by atoms with Gasteiger partial charge in [-0.2, -0.15) is 0 Å². The van der Waals surface area contributed by atoms with Crippen molar-refractivity contribution in [1.82, 2.24) is 9.38 Å². The summed E-state index contributed by atoms with van der Waals surface area (Å²) in [5, 5.41) is 0. The molecule has 0 saturated carbocycles. The molecule has 2 aromatic heterocycles. The van der Waals surface area contributed by atoms with Crippen LogP contribution in [-0.2, 0) is 4.74 Å². The Bertz CT molecular complexity index is 543. The van der Waals surface area contributed by atoms with Crippen LogP contribution in [-0.4, -0.2) is 22.0 Å². The van der Waals surface area contributed by atoms with E-state index in [1.165, 1.54) is 0 Å². The predicted molar refractivity (Wildman–Crippen MR) is 65.2 cm³/mol. The second-order valence-electron chi connectivity index (χ2n) is 4.20. The monoisotopic (exact) mass is 232 g/mol. The predicted octanol–water partition coefficient (Wildman–Crippen LogP) is 2.63. The lowest BCUT2D eigenvalue weighted by Gasteiger charge is -2.10. The Kier molecular flexibility index (Phi) is 3.13. The Morgan fingerprint density at radius 1 is 1.47 bits per heavy atom.